The van der Waals surface area contributed by atoms with Crippen LogP contribution < -0.4 is 10.1 Å². The van der Waals surface area contributed by atoms with Gasteiger partial charge in [0.05, 0.1) is 12.7 Å². The molecule has 104 valence electrons. The van der Waals surface area contributed by atoms with E-state index in [2.05, 4.69) is 5.32 Å². The molecule has 0 saturated carbocycles. The zero-order valence-electron chi connectivity index (χ0n) is 11.1. The van der Waals surface area contributed by atoms with Crippen molar-refractivity contribution in [3.63, 3.8) is 0 Å². The van der Waals surface area contributed by atoms with Crippen molar-refractivity contribution in [2.75, 3.05) is 12.4 Å². The summed E-state index contributed by atoms with van der Waals surface area (Å²) in [6, 6.07) is 8.97. The molecule has 0 bridgehead atoms. The second-order valence-electron chi connectivity index (χ2n) is 4.27. The van der Waals surface area contributed by atoms with Crippen LogP contribution in [0.15, 0.2) is 36.4 Å². The Balaban J connectivity index is 2.26. The second-order valence-corrected chi connectivity index (χ2v) is 4.27. The first-order valence-corrected chi connectivity index (χ1v) is 5.96. The van der Waals surface area contributed by atoms with Gasteiger partial charge >= 0.3 is 0 Å². The molecule has 0 radical (unpaired) electrons. The van der Waals surface area contributed by atoms with Gasteiger partial charge in [-0.25, -0.2) is 4.39 Å². The third-order valence-corrected chi connectivity index (χ3v) is 2.89. The number of nitrogens with one attached hydrogen (secondary N) is 1. The number of halogens is 1. The van der Waals surface area contributed by atoms with Crippen molar-refractivity contribution in [3.05, 3.63) is 53.3 Å². The molecule has 0 aromatic heterocycles. The largest absolute Gasteiger partial charge is 0.504 e. The first-order valence-electron chi connectivity index (χ1n) is 5.96. The lowest BCUT2D eigenvalue weighted by Gasteiger charge is -2.10. The molecule has 2 aromatic carbocycles. The number of hydrogen-bond acceptors (Lipinski definition) is 3. The highest BCUT2D eigenvalue weighted by molar-refractivity contribution is 6.06. The smallest absolute Gasteiger partial charge is 0.259 e. The number of amides is 1. The molecule has 2 rings (SSSR count). The van der Waals surface area contributed by atoms with Crippen molar-refractivity contribution in [1.82, 2.24) is 0 Å². The van der Waals surface area contributed by atoms with Crippen LogP contribution in [0.1, 0.15) is 15.9 Å². The van der Waals surface area contributed by atoms with E-state index in [1.54, 1.807) is 25.1 Å². The Labute approximate surface area is 115 Å². The lowest BCUT2D eigenvalue weighted by molar-refractivity contribution is 0.102. The van der Waals surface area contributed by atoms with E-state index in [4.69, 9.17) is 4.74 Å². The Morgan fingerprint density at radius 1 is 1.30 bits per heavy atom. The molecular weight excluding hydrogens is 261 g/mol. The molecule has 0 atom stereocenters. The molecule has 1 amide bonds. The number of carbonyl (C=O) groups excluding carboxylic acids is 1. The number of hydrogen-bond donors (Lipinski definition) is 2. The molecule has 0 aliphatic rings. The number of phenols is 1. The van der Waals surface area contributed by atoms with Crippen LogP contribution in [0.4, 0.5) is 10.1 Å². The van der Waals surface area contributed by atoms with Crippen molar-refractivity contribution in [1.29, 1.82) is 0 Å². The van der Waals surface area contributed by atoms with Crippen molar-refractivity contribution in [2.24, 2.45) is 0 Å². The highest BCUT2D eigenvalue weighted by Crippen LogP contribution is 2.29. The number of benzene rings is 2. The number of aryl methyl sites for hydroxylation is 1. The highest BCUT2D eigenvalue weighted by atomic mass is 19.1. The summed E-state index contributed by atoms with van der Waals surface area (Å²) in [6.45, 7) is 1.63. The Morgan fingerprint density at radius 2 is 2.05 bits per heavy atom. The van der Waals surface area contributed by atoms with Crippen LogP contribution in [0.3, 0.4) is 0 Å². The van der Waals surface area contributed by atoms with E-state index in [1.807, 2.05) is 0 Å². The standard InChI is InChI=1S/C15H14FNO3/c1-9-6-7-10(8-12(9)16)17-15(19)11-4-3-5-13(20-2)14(11)18/h3-8,18H,1-2H3,(H,17,19). The zero-order valence-corrected chi connectivity index (χ0v) is 11.1. The van der Waals surface area contributed by atoms with Crippen molar-refractivity contribution >= 4 is 11.6 Å². The summed E-state index contributed by atoms with van der Waals surface area (Å²) in [5.41, 5.74) is 0.873. The van der Waals surface area contributed by atoms with Crippen LogP contribution in [0.2, 0.25) is 0 Å². The van der Waals surface area contributed by atoms with E-state index in [0.717, 1.165) is 0 Å². The summed E-state index contributed by atoms with van der Waals surface area (Å²) in [6.07, 6.45) is 0. The molecule has 2 aromatic rings. The fraction of sp³-hybridized carbons (Fsp3) is 0.133. The minimum absolute atomic E-state index is 0.0605. The van der Waals surface area contributed by atoms with Gasteiger partial charge in [-0.15, -0.1) is 0 Å². The topological polar surface area (TPSA) is 58.6 Å². The maximum absolute atomic E-state index is 13.4. The van der Waals surface area contributed by atoms with Gasteiger partial charge < -0.3 is 15.2 Å². The second kappa shape index (κ2) is 5.61. The number of phenolic OH excluding ortho intramolecular Hbond substituents is 1. The highest BCUT2D eigenvalue weighted by Gasteiger charge is 2.15. The zero-order chi connectivity index (χ0) is 14.7. The van der Waals surface area contributed by atoms with Crippen molar-refractivity contribution in [2.45, 2.75) is 6.92 Å². The fourth-order valence-corrected chi connectivity index (χ4v) is 1.74. The van der Waals surface area contributed by atoms with Gasteiger partial charge in [0, 0.05) is 5.69 Å². The average Bonchev–Trinajstić information content (AvgIpc) is 2.43. The Bertz CT molecular complexity index is 656. The van der Waals surface area contributed by atoms with Gasteiger partial charge in [0.15, 0.2) is 11.5 Å². The number of anilines is 1. The van der Waals surface area contributed by atoms with Crippen LogP contribution in [-0.2, 0) is 0 Å². The normalized spacial score (nSPS) is 10.2. The van der Waals surface area contributed by atoms with Gasteiger partial charge in [0.25, 0.3) is 5.91 Å². The number of methoxy groups -OCH3 is 1. The van der Waals surface area contributed by atoms with Crippen molar-refractivity contribution in [3.8, 4) is 11.5 Å². The van der Waals surface area contributed by atoms with Crippen molar-refractivity contribution < 1.29 is 19.0 Å². The van der Waals surface area contributed by atoms with Crippen LogP contribution in [0.5, 0.6) is 11.5 Å². The maximum atomic E-state index is 13.4. The van der Waals surface area contributed by atoms with E-state index in [9.17, 15) is 14.3 Å². The Kier molecular flexibility index (Phi) is 3.89. The predicted molar refractivity (Wildman–Crippen MR) is 73.7 cm³/mol. The molecule has 0 aliphatic carbocycles. The number of para-hydroxylation sites is 1. The number of carbonyl (C=O) groups is 1. The molecule has 5 heteroatoms. The summed E-state index contributed by atoms with van der Waals surface area (Å²) >= 11 is 0. The van der Waals surface area contributed by atoms with Crippen LogP contribution in [0.25, 0.3) is 0 Å². The molecule has 0 aliphatic heterocycles. The van der Waals surface area contributed by atoms with Gasteiger partial charge in [-0.3, -0.25) is 4.79 Å². The third kappa shape index (κ3) is 2.71. The summed E-state index contributed by atoms with van der Waals surface area (Å²) in [5.74, 6) is -0.991. The van der Waals surface area contributed by atoms with Gasteiger partial charge in [-0.1, -0.05) is 12.1 Å². The van der Waals surface area contributed by atoms with E-state index in [-0.39, 0.29) is 17.1 Å². The maximum Gasteiger partial charge on any atom is 0.259 e. The predicted octanol–water partition coefficient (Wildman–Crippen LogP) is 3.10. The molecule has 20 heavy (non-hydrogen) atoms. The van der Waals surface area contributed by atoms with Crippen LogP contribution in [0, 0.1) is 12.7 Å². The average molecular weight is 275 g/mol. The quantitative estimate of drug-likeness (QED) is 0.905. The van der Waals surface area contributed by atoms with E-state index < -0.39 is 11.7 Å². The van der Waals surface area contributed by atoms with Crippen LogP contribution >= 0.6 is 0 Å². The van der Waals surface area contributed by atoms with Gasteiger partial charge in [-0.2, -0.15) is 0 Å². The summed E-state index contributed by atoms with van der Waals surface area (Å²) < 4.78 is 18.3. The van der Waals surface area contributed by atoms with Crippen LogP contribution in [-0.4, -0.2) is 18.1 Å². The third-order valence-electron chi connectivity index (χ3n) is 2.89. The molecule has 2 N–H and O–H groups in total. The summed E-state index contributed by atoms with van der Waals surface area (Å²) in [7, 11) is 1.39. The molecule has 0 fully saturated rings. The van der Waals surface area contributed by atoms with E-state index in [1.165, 1.54) is 25.3 Å². The number of ether oxygens (including phenoxy) is 1. The molecule has 0 saturated heterocycles. The Morgan fingerprint density at radius 3 is 2.70 bits per heavy atom. The monoisotopic (exact) mass is 275 g/mol. The van der Waals surface area contributed by atoms with E-state index >= 15 is 0 Å². The molecule has 0 heterocycles. The summed E-state index contributed by atoms with van der Waals surface area (Å²) in [5, 5.41) is 12.4. The molecular formula is C15H14FNO3. The minimum atomic E-state index is -0.537. The molecule has 4 nitrogen and oxygen atoms in total. The number of rotatable bonds is 3. The first-order chi connectivity index (χ1) is 9.52. The van der Waals surface area contributed by atoms with E-state index in [0.29, 0.717) is 11.3 Å². The SMILES string of the molecule is COc1cccc(C(=O)Nc2ccc(C)c(F)c2)c1O. The first kappa shape index (κ1) is 13.9. The summed E-state index contributed by atoms with van der Waals surface area (Å²) in [4.78, 5) is 12.1. The van der Waals surface area contributed by atoms with Gasteiger partial charge in [-0.05, 0) is 36.8 Å². The minimum Gasteiger partial charge on any atom is -0.504 e. The lowest BCUT2D eigenvalue weighted by atomic mass is 10.1. The van der Waals surface area contributed by atoms with Gasteiger partial charge in [0.2, 0.25) is 0 Å². The fourth-order valence-electron chi connectivity index (χ4n) is 1.74. The molecule has 0 unspecified atom stereocenters. The molecule has 0 spiro atoms. The lowest BCUT2D eigenvalue weighted by Crippen LogP contribution is -2.12. The Hall–Kier alpha value is -2.56. The van der Waals surface area contributed by atoms with Gasteiger partial charge in [0.1, 0.15) is 5.82 Å². The number of aromatic hydroxyl groups is 1.